The Bertz CT molecular complexity index is 1050. The number of fused-ring (bicyclic) bond motifs is 1. The lowest BCUT2D eigenvalue weighted by Gasteiger charge is -2.47. The van der Waals surface area contributed by atoms with E-state index < -0.39 is 41.7 Å². The largest absolute Gasteiger partial charge is 0.462 e. The van der Waals surface area contributed by atoms with E-state index in [9.17, 15) is 13.6 Å². The van der Waals surface area contributed by atoms with Crippen LogP contribution in [0.2, 0.25) is 0 Å². The van der Waals surface area contributed by atoms with Crippen LogP contribution in [0.1, 0.15) is 37.1 Å². The maximum Gasteiger partial charge on any atom is 0.314 e. The Morgan fingerprint density at radius 2 is 1.97 bits per heavy atom. The predicted octanol–water partition coefficient (Wildman–Crippen LogP) is 5.18. The molecule has 1 saturated heterocycles. The van der Waals surface area contributed by atoms with Crippen molar-refractivity contribution >= 4 is 12.0 Å². The molecule has 1 aromatic heterocycles. The lowest BCUT2D eigenvalue weighted by Crippen LogP contribution is -2.56. The van der Waals surface area contributed by atoms with Crippen LogP contribution in [0.3, 0.4) is 0 Å². The number of carbonyl (C=O) groups is 1. The van der Waals surface area contributed by atoms with Gasteiger partial charge in [0, 0.05) is 36.6 Å². The minimum atomic E-state index is -3.01. The summed E-state index contributed by atoms with van der Waals surface area (Å²) in [5.74, 6) is -5.48. The molecule has 2 aromatic rings. The Morgan fingerprint density at radius 1 is 1.22 bits per heavy atom. The monoisotopic (exact) mass is 440 g/mol. The first kappa shape index (κ1) is 22.6. The SMILES string of the molecule is Cc1cccc(-c2ccc(/C=C/[C@@H]3[C@@H]4[C@@H](C)OC(=O)[C@]4(CN)CC(F)(F)[C@H]3C)nc2)c1C. The van der Waals surface area contributed by atoms with E-state index in [0.29, 0.717) is 5.69 Å². The fourth-order valence-electron chi connectivity index (χ4n) is 5.51. The minimum Gasteiger partial charge on any atom is -0.462 e. The highest BCUT2D eigenvalue weighted by atomic mass is 19.3. The fourth-order valence-corrected chi connectivity index (χ4v) is 5.51. The third-order valence-electron chi connectivity index (χ3n) is 7.61. The van der Waals surface area contributed by atoms with Gasteiger partial charge in [0.1, 0.15) is 6.10 Å². The third kappa shape index (κ3) is 3.54. The first-order valence-electron chi connectivity index (χ1n) is 11.1. The van der Waals surface area contributed by atoms with Gasteiger partial charge in [-0.1, -0.05) is 37.3 Å². The number of pyridine rings is 1. The van der Waals surface area contributed by atoms with E-state index in [4.69, 9.17) is 10.5 Å². The summed E-state index contributed by atoms with van der Waals surface area (Å²) >= 11 is 0. The number of aryl methyl sites for hydroxylation is 1. The summed E-state index contributed by atoms with van der Waals surface area (Å²) in [5, 5.41) is 0. The molecule has 0 bridgehead atoms. The average Bonchev–Trinajstić information content (AvgIpc) is 3.00. The van der Waals surface area contributed by atoms with Gasteiger partial charge in [0.15, 0.2) is 0 Å². The van der Waals surface area contributed by atoms with Crippen molar-refractivity contribution in [1.29, 1.82) is 0 Å². The number of aromatic nitrogens is 1. The number of nitrogens with two attached hydrogens (primary N) is 1. The number of cyclic esters (lactones) is 1. The van der Waals surface area contributed by atoms with Gasteiger partial charge in [-0.3, -0.25) is 9.78 Å². The Balaban J connectivity index is 1.64. The standard InChI is InChI=1S/C26H30F2N2O2/c1-15-6-5-7-21(16(15)2)19-8-9-20(30-12-19)10-11-22-17(3)26(27,28)13-25(14-29)23(22)18(4)32-24(25)31/h5-12,17-18,22-23H,13-14,29H2,1-4H3/b11-10+/t17-,18+,22-,23-,25-/m0/s1. The lowest BCUT2D eigenvalue weighted by molar-refractivity contribution is -0.169. The molecule has 4 rings (SSSR count). The summed E-state index contributed by atoms with van der Waals surface area (Å²) in [7, 11) is 0. The zero-order valence-electron chi connectivity index (χ0n) is 18.9. The number of hydrogen-bond donors (Lipinski definition) is 1. The van der Waals surface area contributed by atoms with Crippen LogP contribution in [0, 0.1) is 37.0 Å². The van der Waals surface area contributed by atoms with Crippen LogP contribution in [0.25, 0.3) is 17.2 Å². The summed E-state index contributed by atoms with van der Waals surface area (Å²) in [5.41, 5.74) is 9.77. The Labute approximate surface area is 187 Å². The number of ether oxygens (including phenoxy) is 1. The van der Waals surface area contributed by atoms with Crippen molar-refractivity contribution in [1.82, 2.24) is 4.98 Å². The molecule has 2 aliphatic rings. The van der Waals surface area contributed by atoms with E-state index in [2.05, 4.69) is 31.0 Å². The van der Waals surface area contributed by atoms with Crippen LogP contribution < -0.4 is 5.73 Å². The quantitative estimate of drug-likeness (QED) is 0.666. The Morgan fingerprint density at radius 3 is 2.62 bits per heavy atom. The number of carbonyl (C=O) groups excluding carboxylic acids is 1. The third-order valence-corrected chi connectivity index (χ3v) is 7.61. The van der Waals surface area contributed by atoms with Crippen molar-refractivity contribution in [3.63, 3.8) is 0 Å². The van der Waals surface area contributed by atoms with Crippen molar-refractivity contribution in [2.45, 2.75) is 46.1 Å². The van der Waals surface area contributed by atoms with Crippen LogP contribution in [-0.4, -0.2) is 29.5 Å². The van der Waals surface area contributed by atoms with E-state index >= 15 is 0 Å². The minimum absolute atomic E-state index is 0.143. The van der Waals surface area contributed by atoms with E-state index in [1.165, 1.54) is 11.1 Å². The van der Waals surface area contributed by atoms with Crippen LogP contribution in [0.15, 0.2) is 42.6 Å². The molecular formula is C26H30F2N2O2. The van der Waals surface area contributed by atoms with Gasteiger partial charge in [-0.05, 0) is 55.5 Å². The van der Waals surface area contributed by atoms with Gasteiger partial charge >= 0.3 is 5.97 Å². The smallest absolute Gasteiger partial charge is 0.314 e. The fraction of sp³-hybridized carbons (Fsp3) is 0.462. The van der Waals surface area contributed by atoms with E-state index in [0.717, 1.165) is 11.1 Å². The maximum atomic E-state index is 14.9. The van der Waals surface area contributed by atoms with Gasteiger partial charge in [0.25, 0.3) is 5.92 Å². The molecule has 2 N–H and O–H groups in total. The van der Waals surface area contributed by atoms with Crippen molar-refractivity contribution in [3.8, 4) is 11.1 Å². The summed E-state index contributed by atoms with van der Waals surface area (Å²) in [4.78, 5) is 17.1. The first-order valence-corrected chi connectivity index (χ1v) is 11.1. The maximum absolute atomic E-state index is 14.9. The highest BCUT2D eigenvalue weighted by Gasteiger charge is 2.67. The number of esters is 1. The molecule has 1 aliphatic carbocycles. The van der Waals surface area contributed by atoms with Crippen molar-refractivity contribution < 1.29 is 18.3 Å². The molecule has 1 aliphatic heterocycles. The number of halogens is 2. The second-order valence-corrected chi connectivity index (χ2v) is 9.38. The lowest BCUT2D eigenvalue weighted by atomic mass is 9.56. The van der Waals surface area contributed by atoms with E-state index in [1.807, 2.05) is 18.2 Å². The van der Waals surface area contributed by atoms with Crippen LogP contribution in [0.4, 0.5) is 8.78 Å². The van der Waals surface area contributed by atoms with Crippen LogP contribution in [0.5, 0.6) is 0 Å². The molecule has 0 unspecified atom stereocenters. The second-order valence-electron chi connectivity index (χ2n) is 9.38. The van der Waals surface area contributed by atoms with Gasteiger partial charge in [0.05, 0.1) is 11.1 Å². The first-order chi connectivity index (χ1) is 15.1. The number of allylic oxidation sites excluding steroid dienone is 1. The van der Waals surface area contributed by atoms with Gasteiger partial charge in [-0.2, -0.15) is 0 Å². The van der Waals surface area contributed by atoms with Gasteiger partial charge in [-0.25, -0.2) is 8.78 Å². The molecule has 0 amide bonds. The molecule has 1 saturated carbocycles. The molecule has 0 spiro atoms. The Hall–Kier alpha value is -2.60. The molecule has 0 radical (unpaired) electrons. The number of nitrogens with zero attached hydrogens (tertiary/aromatic N) is 1. The summed E-state index contributed by atoms with van der Waals surface area (Å²) < 4.78 is 35.3. The van der Waals surface area contributed by atoms with Gasteiger partial charge in [0.2, 0.25) is 0 Å². The molecule has 170 valence electrons. The number of alkyl halides is 2. The summed E-state index contributed by atoms with van der Waals surface area (Å²) in [6, 6.07) is 10.0. The normalized spacial score (nSPS) is 31.5. The van der Waals surface area contributed by atoms with E-state index in [1.54, 1.807) is 32.2 Å². The molecule has 1 aromatic carbocycles. The van der Waals surface area contributed by atoms with Gasteiger partial charge in [-0.15, -0.1) is 0 Å². The molecule has 4 nitrogen and oxygen atoms in total. The second kappa shape index (κ2) is 8.07. The molecule has 32 heavy (non-hydrogen) atoms. The molecule has 2 heterocycles. The van der Waals surface area contributed by atoms with Crippen LogP contribution in [-0.2, 0) is 9.53 Å². The number of hydrogen-bond acceptors (Lipinski definition) is 4. The van der Waals surface area contributed by atoms with Crippen molar-refractivity contribution in [2.75, 3.05) is 6.54 Å². The zero-order valence-corrected chi connectivity index (χ0v) is 18.9. The predicted molar refractivity (Wildman–Crippen MR) is 121 cm³/mol. The highest BCUT2D eigenvalue weighted by Crippen LogP contribution is 2.58. The topological polar surface area (TPSA) is 65.2 Å². The van der Waals surface area contributed by atoms with Crippen molar-refractivity contribution in [2.24, 2.45) is 28.9 Å². The van der Waals surface area contributed by atoms with E-state index in [-0.39, 0.29) is 12.5 Å². The summed E-state index contributed by atoms with van der Waals surface area (Å²) in [6.45, 7) is 7.33. The summed E-state index contributed by atoms with van der Waals surface area (Å²) in [6.07, 6.45) is 4.32. The number of rotatable bonds is 4. The average molecular weight is 441 g/mol. The molecule has 6 heteroatoms. The Kier molecular flexibility index (Phi) is 5.70. The molecule has 5 atom stereocenters. The van der Waals surface area contributed by atoms with Gasteiger partial charge < -0.3 is 10.5 Å². The molecule has 2 fully saturated rings. The van der Waals surface area contributed by atoms with Crippen LogP contribution >= 0.6 is 0 Å². The molecular weight excluding hydrogens is 410 g/mol. The highest BCUT2D eigenvalue weighted by molar-refractivity contribution is 5.80. The number of benzene rings is 1. The van der Waals surface area contributed by atoms with Crippen molar-refractivity contribution in [3.05, 3.63) is 59.4 Å². The zero-order chi connectivity index (χ0) is 23.3.